The van der Waals surface area contributed by atoms with Gasteiger partial charge in [0.05, 0.1) is 0 Å². The highest BCUT2D eigenvalue weighted by molar-refractivity contribution is 5.75. The first-order chi connectivity index (χ1) is 8.45. The van der Waals surface area contributed by atoms with Crippen LogP contribution in [0, 0.1) is 5.92 Å². The van der Waals surface area contributed by atoms with Crippen molar-refractivity contribution in [1.29, 1.82) is 0 Å². The lowest BCUT2D eigenvalue weighted by molar-refractivity contribution is -0.137. The molecule has 0 saturated heterocycles. The molecule has 5 heteroatoms. The average molecular weight is 258 g/mol. The van der Waals surface area contributed by atoms with Crippen LogP contribution >= 0.6 is 0 Å². The van der Waals surface area contributed by atoms with Crippen LogP contribution in [0.5, 0.6) is 0 Å². The Morgan fingerprint density at radius 1 is 1.22 bits per heavy atom. The van der Waals surface area contributed by atoms with E-state index in [-0.39, 0.29) is 18.4 Å². The van der Waals surface area contributed by atoms with Crippen LogP contribution < -0.4 is 11.1 Å². The molecular formula is C13H26N2O3. The van der Waals surface area contributed by atoms with Crippen LogP contribution in [0.25, 0.3) is 0 Å². The topological polar surface area (TPSA) is 92.4 Å². The molecule has 18 heavy (non-hydrogen) atoms. The van der Waals surface area contributed by atoms with Gasteiger partial charge in [-0.2, -0.15) is 0 Å². The summed E-state index contributed by atoms with van der Waals surface area (Å²) in [6.07, 6.45) is 3.83. The molecule has 2 unspecified atom stereocenters. The van der Waals surface area contributed by atoms with Crippen molar-refractivity contribution in [2.45, 2.75) is 58.4 Å². The lowest BCUT2D eigenvalue weighted by Crippen LogP contribution is -2.27. The third kappa shape index (κ3) is 10.1. The van der Waals surface area contributed by atoms with Gasteiger partial charge in [0, 0.05) is 25.4 Å². The number of carboxylic acids is 1. The van der Waals surface area contributed by atoms with Crippen molar-refractivity contribution in [3.05, 3.63) is 0 Å². The maximum absolute atomic E-state index is 11.4. The van der Waals surface area contributed by atoms with Crippen molar-refractivity contribution in [1.82, 2.24) is 5.32 Å². The number of aliphatic carboxylic acids is 1. The van der Waals surface area contributed by atoms with Crippen LogP contribution in [0.1, 0.15) is 52.4 Å². The maximum Gasteiger partial charge on any atom is 0.303 e. The lowest BCUT2D eigenvalue weighted by atomic mass is 9.96. The van der Waals surface area contributed by atoms with E-state index in [0.29, 0.717) is 31.7 Å². The van der Waals surface area contributed by atoms with Gasteiger partial charge in [0.1, 0.15) is 0 Å². The summed E-state index contributed by atoms with van der Waals surface area (Å²) in [5, 5.41) is 11.5. The zero-order valence-electron chi connectivity index (χ0n) is 11.4. The zero-order valence-corrected chi connectivity index (χ0v) is 11.4. The van der Waals surface area contributed by atoms with Crippen molar-refractivity contribution in [2.24, 2.45) is 11.7 Å². The van der Waals surface area contributed by atoms with Gasteiger partial charge in [-0.3, -0.25) is 9.59 Å². The SMILES string of the molecule is CCC(CCNC(=O)CCC(C)N)CCC(=O)O. The van der Waals surface area contributed by atoms with Crippen LogP contribution in [0.2, 0.25) is 0 Å². The molecule has 4 N–H and O–H groups in total. The molecule has 0 saturated carbocycles. The molecule has 0 bridgehead atoms. The Morgan fingerprint density at radius 3 is 2.39 bits per heavy atom. The second-order valence-electron chi connectivity index (χ2n) is 4.86. The molecule has 0 aliphatic heterocycles. The number of amides is 1. The van der Waals surface area contributed by atoms with Crippen molar-refractivity contribution in [3.63, 3.8) is 0 Å². The molecule has 0 aromatic rings. The van der Waals surface area contributed by atoms with Gasteiger partial charge in [0.15, 0.2) is 0 Å². The van der Waals surface area contributed by atoms with Gasteiger partial charge in [0.2, 0.25) is 5.91 Å². The van der Waals surface area contributed by atoms with Crippen LogP contribution in [-0.2, 0) is 9.59 Å². The number of carboxylic acid groups (broad SMARTS) is 1. The third-order valence-electron chi connectivity index (χ3n) is 3.05. The van der Waals surface area contributed by atoms with Crippen LogP contribution in [0.15, 0.2) is 0 Å². The minimum absolute atomic E-state index is 0.0281. The minimum atomic E-state index is -0.755. The molecule has 0 spiro atoms. The van der Waals surface area contributed by atoms with Gasteiger partial charge >= 0.3 is 5.97 Å². The molecule has 0 radical (unpaired) electrons. The summed E-state index contributed by atoms with van der Waals surface area (Å²) in [6, 6.07) is 0.0507. The third-order valence-corrected chi connectivity index (χ3v) is 3.05. The van der Waals surface area contributed by atoms with E-state index in [1.807, 2.05) is 13.8 Å². The quantitative estimate of drug-likeness (QED) is 0.554. The Balaban J connectivity index is 3.66. The van der Waals surface area contributed by atoms with Crippen molar-refractivity contribution in [2.75, 3.05) is 6.54 Å². The molecule has 0 heterocycles. The summed E-state index contributed by atoms with van der Waals surface area (Å²) in [5.41, 5.74) is 5.57. The minimum Gasteiger partial charge on any atom is -0.481 e. The molecule has 106 valence electrons. The molecule has 0 aliphatic carbocycles. The fourth-order valence-corrected chi connectivity index (χ4v) is 1.74. The summed E-state index contributed by atoms with van der Waals surface area (Å²) in [7, 11) is 0. The number of hydrogen-bond donors (Lipinski definition) is 3. The van der Waals surface area contributed by atoms with Crippen LogP contribution in [0.4, 0.5) is 0 Å². The molecule has 1 amide bonds. The predicted molar refractivity (Wildman–Crippen MR) is 71.2 cm³/mol. The number of nitrogens with one attached hydrogen (secondary N) is 1. The fraction of sp³-hybridized carbons (Fsp3) is 0.846. The van der Waals surface area contributed by atoms with Gasteiger partial charge in [0.25, 0.3) is 0 Å². The Kier molecular flexibility index (Phi) is 9.28. The van der Waals surface area contributed by atoms with E-state index >= 15 is 0 Å². The molecular weight excluding hydrogens is 232 g/mol. The van der Waals surface area contributed by atoms with Crippen molar-refractivity contribution in [3.8, 4) is 0 Å². The summed E-state index contributed by atoms with van der Waals surface area (Å²) in [6.45, 7) is 4.55. The fourth-order valence-electron chi connectivity index (χ4n) is 1.74. The van der Waals surface area contributed by atoms with E-state index in [2.05, 4.69) is 5.32 Å². The first-order valence-corrected chi connectivity index (χ1v) is 6.69. The number of hydrogen-bond acceptors (Lipinski definition) is 3. The van der Waals surface area contributed by atoms with E-state index in [1.165, 1.54) is 0 Å². The van der Waals surface area contributed by atoms with Crippen LogP contribution in [0.3, 0.4) is 0 Å². The number of carbonyl (C=O) groups is 2. The largest absolute Gasteiger partial charge is 0.481 e. The number of nitrogens with two attached hydrogens (primary N) is 1. The summed E-state index contributed by atoms with van der Waals surface area (Å²) in [5.74, 6) is -0.357. The smallest absolute Gasteiger partial charge is 0.303 e. The van der Waals surface area contributed by atoms with E-state index in [4.69, 9.17) is 10.8 Å². The Labute approximate surface area is 109 Å². The van der Waals surface area contributed by atoms with E-state index in [9.17, 15) is 9.59 Å². The van der Waals surface area contributed by atoms with Gasteiger partial charge < -0.3 is 16.2 Å². The molecule has 0 aromatic heterocycles. The standard InChI is InChI=1S/C13H26N2O3/c1-3-11(5-7-13(17)18)8-9-15-12(16)6-4-10(2)14/h10-11H,3-9,14H2,1-2H3,(H,15,16)(H,17,18). The molecule has 5 nitrogen and oxygen atoms in total. The average Bonchev–Trinajstić information content (AvgIpc) is 2.30. The normalized spacial score (nSPS) is 13.9. The van der Waals surface area contributed by atoms with E-state index in [1.54, 1.807) is 0 Å². The predicted octanol–water partition coefficient (Wildman–Crippen LogP) is 1.51. The van der Waals surface area contributed by atoms with E-state index in [0.717, 1.165) is 12.8 Å². The highest BCUT2D eigenvalue weighted by Crippen LogP contribution is 2.14. The first-order valence-electron chi connectivity index (χ1n) is 6.69. The number of carbonyl (C=O) groups excluding carboxylic acids is 1. The second kappa shape index (κ2) is 9.88. The zero-order chi connectivity index (χ0) is 14.0. The highest BCUT2D eigenvalue weighted by atomic mass is 16.4. The summed E-state index contributed by atoms with van der Waals surface area (Å²) < 4.78 is 0. The van der Waals surface area contributed by atoms with Crippen molar-refractivity contribution >= 4 is 11.9 Å². The summed E-state index contributed by atoms with van der Waals surface area (Å²) in [4.78, 5) is 21.9. The monoisotopic (exact) mass is 258 g/mol. The van der Waals surface area contributed by atoms with E-state index < -0.39 is 5.97 Å². The Bertz CT molecular complexity index is 255. The number of rotatable bonds is 10. The Morgan fingerprint density at radius 2 is 1.89 bits per heavy atom. The highest BCUT2D eigenvalue weighted by Gasteiger charge is 2.09. The van der Waals surface area contributed by atoms with Gasteiger partial charge in [-0.15, -0.1) is 0 Å². The summed E-state index contributed by atoms with van der Waals surface area (Å²) >= 11 is 0. The molecule has 2 atom stereocenters. The maximum atomic E-state index is 11.4. The first kappa shape index (κ1) is 16.9. The second-order valence-corrected chi connectivity index (χ2v) is 4.86. The lowest BCUT2D eigenvalue weighted by Gasteiger charge is -2.14. The van der Waals surface area contributed by atoms with Crippen molar-refractivity contribution < 1.29 is 14.7 Å². The molecule has 0 aromatic carbocycles. The molecule has 0 aliphatic rings. The Hall–Kier alpha value is -1.10. The van der Waals surface area contributed by atoms with Gasteiger partial charge in [-0.1, -0.05) is 13.3 Å². The molecule has 0 rings (SSSR count). The van der Waals surface area contributed by atoms with Gasteiger partial charge in [-0.05, 0) is 32.1 Å². The molecule has 0 fully saturated rings. The van der Waals surface area contributed by atoms with Gasteiger partial charge in [-0.25, -0.2) is 0 Å². The van der Waals surface area contributed by atoms with Crippen LogP contribution in [-0.4, -0.2) is 29.6 Å².